The van der Waals surface area contributed by atoms with E-state index < -0.39 is 5.97 Å². The van der Waals surface area contributed by atoms with Crippen LogP contribution in [0.15, 0.2) is 79.1 Å². The molecule has 6 nitrogen and oxygen atoms in total. The van der Waals surface area contributed by atoms with E-state index in [0.29, 0.717) is 6.42 Å². The fraction of sp³-hybridized carbons (Fsp3) is 0.207. The summed E-state index contributed by atoms with van der Waals surface area (Å²) in [5.41, 5.74) is 6.51. The lowest BCUT2D eigenvalue weighted by Gasteiger charge is -2.27. The van der Waals surface area contributed by atoms with Crippen molar-refractivity contribution in [1.29, 1.82) is 0 Å². The van der Waals surface area contributed by atoms with Crippen molar-refractivity contribution in [1.82, 2.24) is 19.4 Å². The molecule has 1 N–H and O–H groups in total. The van der Waals surface area contributed by atoms with Crippen LogP contribution >= 0.6 is 0 Å². The number of benzene rings is 2. The lowest BCUT2D eigenvalue weighted by Crippen LogP contribution is -2.24. The Labute approximate surface area is 211 Å². The zero-order valence-corrected chi connectivity index (χ0v) is 19.9. The Morgan fingerprint density at radius 3 is 2.32 bits per heavy atom. The van der Waals surface area contributed by atoms with Crippen LogP contribution in [-0.2, 0) is 24.1 Å². The molecule has 0 saturated heterocycles. The van der Waals surface area contributed by atoms with E-state index in [9.17, 15) is 18.7 Å². The van der Waals surface area contributed by atoms with E-state index in [1.165, 1.54) is 24.3 Å². The van der Waals surface area contributed by atoms with Gasteiger partial charge in [0.2, 0.25) is 0 Å². The third-order valence-electron chi connectivity index (χ3n) is 7.31. The largest absolute Gasteiger partial charge is 0.481 e. The molecule has 8 heteroatoms. The highest BCUT2D eigenvalue weighted by Gasteiger charge is 2.31. The Balaban J connectivity index is 1.43. The zero-order chi connectivity index (χ0) is 25.5. The van der Waals surface area contributed by atoms with Crippen molar-refractivity contribution in [3.05, 3.63) is 124 Å². The lowest BCUT2D eigenvalue weighted by atomic mass is 9.87. The van der Waals surface area contributed by atoms with E-state index in [2.05, 4.69) is 14.7 Å². The van der Waals surface area contributed by atoms with Crippen molar-refractivity contribution < 1.29 is 18.7 Å². The van der Waals surface area contributed by atoms with Crippen molar-refractivity contribution in [3.63, 3.8) is 0 Å². The van der Waals surface area contributed by atoms with Crippen LogP contribution in [-0.4, -0.2) is 30.5 Å². The van der Waals surface area contributed by atoms with Gasteiger partial charge in [0, 0.05) is 23.8 Å². The predicted octanol–water partition coefficient (Wildman–Crippen LogP) is 5.35. The molecule has 1 atom stereocenters. The van der Waals surface area contributed by atoms with Crippen molar-refractivity contribution in [2.24, 2.45) is 0 Å². The van der Waals surface area contributed by atoms with E-state index in [1.54, 1.807) is 30.5 Å². The number of nitrogens with zero attached hydrogens (tertiary/aromatic N) is 4. The van der Waals surface area contributed by atoms with E-state index in [1.807, 2.05) is 29.1 Å². The van der Waals surface area contributed by atoms with Crippen molar-refractivity contribution in [3.8, 4) is 0 Å². The zero-order valence-electron chi connectivity index (χ0n) is 19.9. The first-order chi connectivity index (χ1) is 18.0. The number of halogens is 2. The monoisotopic (exact) mass is 498 g/mol. The molecule has 0 fully saturated rings. The molecule has 0 saturated carbocycles. The smallest absolute Gasteiger partial charge is 0.307 e. The Kier molecular flexibility index (Phi) is 5.79. The number of carboxylic acid groups (broad SMARTS) is 1. The first-order valence-corrected chi connectivity index (χ1v) is 12.2. The minimum atomic E-state index is -0.846. The third-order valence-corrected chi connectivity index (χ3v) is 7.31. The van der Waals surface area contributed by atoms with Gasteiger partial charge in [0.15, 0.2) is 0 Å². The number of aromatic nitrogens is 4. The quantitative estimate of drug-likeness (QED) is 0.343. The highest BCUT2D eigenvalue weighted by Crippen LogP contribution is 2.38. The number of pyridine rings is 1. The summed E-state index contributed by atoms with van der Waals surface area (Å²) in [4.78, 5) is 11.6. The van der Waals surface area contributed by atoms with Crippen LogP contribution in [0.5, 0.6) is 0 Å². The van der Waals surface area contributed by atoms with Gasteiger partial charge in [-0.05, 0) is 71.5 Å². The number of aliphatic carboxylic acids is 1. The molecule has 5 aromatic rings. The number of hydrogen-bond acceptors (Lipinski definition) is 3. The molecule has 1 aliphatic rings. The standard InChI is InChI=1S/C29H24F2N4O2/c30-20-8-4-18(5-9-20)29(19-6-10-21(31)11-7-19)27-17-32-33-35(27)22-12-13-23-24(16-28(36)37)25-3-1-2-14-34(25)26(23)15-22/h1-11,14,17,22,29H,12-13,15-16H2,(H,36,37). The molecule has 2 aromatic carbocycles. The molecule has 0 spiro atoms. The van der Waals surface area contributed by atoms with Crippen LogP contribution in [0.1, 0.15) is 52.0 Å². The summed E-state index contributed by atoms with van der Waals surface area (Å²) < 4.78 is 31.5. The highest BCUT2D eigenvalue weighted by atomic mass is 19.1. The fourth-order valence-electron chi connectivity index (χ4n) is 5.70. The molecule has 0 aliphatic heterocycles. The molecule has 0 amide bonds. The van der Waals surface area contributed by atoms with Gasteiger partial charge in [0.1, 0.15) is 11.6 Å². The van der Waals surface area contributed by atoms with Gasteiger partial charge >= 0.3 is 5.97 Å². The highest BCUT2D eigenvalue weighted by molar-refractivity contribution is 5.77. The first kappa shape index (κ1) is 23.1. The number of carbonyl (C=O) groups is 1. The lowest BCUT2D eigenvalue weighted by molar-refractivity contribution is -0.136. The first-order valence-electron chi connectivity index (χ1n) is 12.2. The molecule has 6 rings (SSSR count). The summed E-state index contributed by atoms with van der Waals surface area (Å²) in [5, 5.41) is 18.2. The summed E-state index contributed by atoms with van der Waals surface area (Å²) in [5.74, 6) is -1.82. The molecule has 3 heterocycles. The Hall–Kier alpha value is -4.33. The van der Waals surface area contributed by atoms with Gasteiger partial charge in [0.25, 0.3) is 0 Å². The maximum atomic E-state index is 13.7. The summed E-state index contributed by atoms with van der Waals surface area (Å²) in [6.45, 7) is 0. The number of fused-ring (bicyclic) bond motifs is 3. The molecule has 0 radical (unpaired) electrons. The average Bonchev–Trinajstić information content (AvgIpc) is 3.50. The second-order valence-corrected chi connectivity index (χ2v) is 9.47. The summed E-state index contributed by atoms with van der Waals surface area (Å²) >= 11 is 0. The molecular weight excluding hydrogens is 474 g/mol. The van der Waals surface area contributed by atoms with Gasteiger partial charge in [0.05, 0.1) is 30.3 Å². The topological polar surface area (TPSA) is 72.4 Å². The van der Waals surface area contributed by atoms with Crippen LogP contribution < -0.4 is 0 Å². The van der Waals surface area contributed by atoms with Gasteiger partial charge in [-0.15, -0.1) is 5.10 Å². The molecule has 186 valence electrons. The number of rotatable bonds is 6. The van der Waals surface area contributed by atoms with Crippen LogP contribution in [0.2, 0.25) is 0 Å². The summed E-state index contributed by atoms with van der Waals surface area (Å²) in [6.07, 6.45) is 5.84. The van der Waals surface area contributed by atoms with Gasteiger partial charge in [-0.2, -0.15) is 0 Å². The minimum Gasteiger partial charge on any atom is -0.481 e. The maximum Gasteiger partial charge on any atom is 0.307 e. The predicted molar refractivity (Wildman–Crippen MR) is 134 cm³/mol. The molecule has 0 bridgehead atoms. The molecular formula is C29H24F2N4O2. The second kappa shape index (κ2) is 9.28. The second-order valence-electron chi connectivity index (χ2n) is 9.47. The maximum absolute atomic E-state index is 13.7. The summed E-state index contributed by atoms with van der Waals surface area (Å²) in [7, 11) is 0. The number of carboxylic acids is 1. The van der Waals surface area contributed by atoms with Crippen LogP contribution in [0.25, 0.3) is 5.52 Å². The fourth-order valence-corrected chi connectivity index (χ4v) is 5.70. The van der Waals surface area contributed by atoms with Gasteiger partial charge in [-0.1, -0.05) is 35.5 Å². The van der Waals surface area contributed by atoms with Crippen LogP contribution in [0.3, 0.4) is 0 Å². The van der Waals surface area contributed by atoms with E-state index in [4.69, 9.17) is 0 Å². The average molecular weight is 499 g/mol. The van der Waals surface area contributed by atoms with Crippen molar-refractivity contribution in [2.75, 3.05) is 0 Å². The summed E-state index contributed by atoms with van der Waals surface area (Å²) in [6, 6.07) is 18.4. The van der Waals surface area contributed by atoms with Crippen LogP contribution in [0.4, 0.5) is 8.78 Å². The van der Waals surface area contributed by atoms with Gasteiger partial charge < -0.3 is 9.51 Å². The SMILES string of the molecule is O=C(O)Cc1c2c(n3ccccc13)CC(n1nncc1C(c1ccc(F)cc1)c1ccc(F)cc1)CC2. The van der Waals surface area contributed by atoms with Crippen molar-refractivity contribution in [2.45, 2.75) is 37.6 Å². The molecule has 1 unspecified atom stereocenters. The van der Waals surface area contributed by atoms with Gasteiger partial charge in [-0.25, -0.2) is 13.5 Å². The normalized spacial score (nSPS) is 15.3. The number of hydrogen-bond donors (Lipinski definition) is 1. The molecule has 3 aromatic heterocycles. The third kappa shape index (κ3) is 4.18. The Morgan fingerprint density at radius 2 is 1.68 bits per heavy atom. The minimum absolute atomic E-state index is 0.00983. The van der Waals surface area contributed by atoms with E-state index in [-0.39, 0.29) is 30.0 Å². The van der Waals surface area contributed by atoms with E-state index in [0.717, 1.165) is 52.0 Å². The molecule has 1 aliphatic carbocycles. The van der Waals surface area contributed by atoms with Crippen molar-refractivity contribution >= 4 is 11.5 Å². The Bertz CT molecular complexity index is 1540. The van der Waals surface area contributed by atoms with Crippen LogP contribution in [0, 0.1) is 11.6 Å². The molecule has 37 heavy (non-hydrogen) atoms. The van der Waals surface area contributed by atoms with Gasteiger partial charge in [-0.3, -0.25) is 4.79 Å². The Morgan fingerprint density at radius 1 is 1.00 bits per heavy atom. The van der Waals surface area contributed by atoms with E-state index >= 15 is 0 Å².